The molecule has 3 rings (SSSR count). The molecule has 0 aliphatic carbocycles. The molecule has 5 nitrogen and oxygen atoms in total. The van der Waals surface area contributed by atoms with Crippen molar-refractivity contribution in [3.63, 3.8) is 0 Å². The van der Waals surface area contributed by atoms with E-state index in [-0.39, 0.29) is 0 Å². The number of ether oxygens (including phenoxy) is 2. The molecule has 0 aromatic carbocycles. The molecule has 3 heterocycles. The Morgan fingerprint density at radius 3 is 3.00 bits per heavy atom. The van der Waals surface area contributed by atoms with Crippen molar-refractivity contribution < 1.29 is 9.47 Å². The molecule has 0 radical (unpaired) electrons. The van der Waals surface area contributed by atoms with Gasteiger partial charge < -0.3 is 19.4 Å². The van der Waals surface area contributed by atoms with E-state index in [1.54, 1.807) is 14.2 Å². The summed E-state index contributed by atoms with van der Waals surface area (Å²) in [4.78, 5) is 4.35. The SMILES string of the molecule is COCCCn1c([C@@H]2CCCNC2)cc2cnc(OC)cc21. The van der Waals surface area contributed by atoms with Gasteiger partial charge in [-0.2, -0.15) is 0 Å². The van der Waals surface area contributed by atoms with Crippen molar-refractivity contribution in [2.75, 3.05) is 33.9 Å². The van der Waals surface area contributed by atoms with Crippen molar-refractivity contribution in [1.29, 1.82) is 0 Å². The Morgan fingerprint density at radius 1 is 1.36 bits per heavy atom. The fourth-order valence-corrected chi connectivity index (χ4v) is 3.33. The Hall–Kier alpha value is -1.59. The van der Waals surface area contributed by atoms with Crippen molar-refractivity contribution in [3.05, 3.63) is 24.0 Å². The molecule has 0 amide bonds. The van der Waals surface area contributed by atoms with E-state index in [4.69, 9.17) is 9.47 Å². The van der Waals surface area contributed by atoms with Crippen LogP contribution in [0.2, 0.25) is 0 Å². The number of aromatic nitrogens is 2. The number of piperidine rings is 1. The van der Waals surface area contributed by atoms with Crippen molar-refractivity contribution in [3.8, 4) is 5.88 Å². The highest BCUT2D eigenvalue weighted by molar-refractivity contribution is 5.81. The smallest absolute Gasteiger partial charge is 0.215 e. The molecule has 2 aromatic rings. The van der Waals surface area contributed by atoms with Crippen LogP contribution >= 0.6 is 0 Å². The van der Waals surface area contributed by atoms with Gasteiger partial charge in [0.2, 0.25) is 5.88 Å². The number of nitrogens with one attached hydrogen (secondary N) is 1. The highest BCUT2D eigenvalue weighted by Gasteiger charge is 2.21. The molecule has 1 atom stereocenters. The van der Waals surface area contributed by atoms with E-state index >= 15 is 0 Å². The average Bonchev–Trinajstić information content (AvgIpc) is 2.94. The summed E-state index contributed by atoms with van der Waals surface area (Å²) >= 11 is 0. The molecule has 0 saturated carbocycles. The first-order chi connectivity index (χ1) is 10.8. The lowest BCUT2D eigenvalue weighted by Crippen LogP contribution is -2.29. The van der Waals surface area contributed by atoms with Gasteiger partial charge in [-0.1, -0.05) is 0 Å². The van der Waals surface area contributed by atoms with Gasteiger partial charge >= 0.3 is 0 Å². The van der Waals surface area contributed by atoms with E-state index in [0.717, 1.165) is 32.7 Å². The zero-order valence-corrected chi connectivity index (χ0v) is 13.5. The summed E-state index contributed by atoms with van der Waals surface area (Å²) in [7, 11) is 3.42. The molecule has 1 aliphatic heterocycles. The van der Waals surface area contributed by atoms with Gasteiger partial charge in [-0.3, -0.25) is 0 Å². The minimum absolute atomic E-state index is 0.578. The zero-order valence-electron chi connectivity index (χ0n) is 13.5. The fourth-order valence-electron chi connectivity index (χ4n) is 3.33. The third-order valence-electron chi connectivity index (χ3n) is 4.45. The standard InChI is InChI=1S/C17H25N3O2/c1-21-8-4-7-20-15(13-5-3-6-18-11-13)9-14-12-19-17(22-2)10-16(14)20/h9-10,12-13,18H,3-8,11H2,1-2H3/t13-/m1/s1. The summed E-state index contributed by atoms with van der Waals surface area (Å²) in [6.45, 7) is 3.95. The molecular weight excluding hydrogens is 278 g/mol. The van der Waals surface area contributed by atoms with E-state index in [0.29, 0.717) is 11.8 Å². The lowest BCUT2D eigenvalue weighted by atomic mass is 9.96. The van der Waals surface area contributed by atoms with Crippen LogP contribution < -0.4 is 10.1 Å². The molecule has 1 fully saturated rings. The summed E-state index contributed by atoms with van der Waals surface area (Å²) in [5, 5.41) is 4.71. The van der Waals surface area contributed by atoms with Gasteiger partial charge in [0.15, 0.2) is 0 Å². The molecule has 120 valence electrons. The predicted octanol–water partition coefficient (Wildman–Crippen LogP) is 2.55. The molecule has 1 N–H and O–H groups in total. The van der Waals surface area contributed by atoms with E-state index < -0.39 is 0 Å². The Bertz CT molecular complexity index is 618. The number of aryl methyl sites for hydroxylation is 1. The van der Waals surface area contributed by atoms with Crippen LogP contribution in [-0.2, 0) is 11.3 Å². The van der Waals surface area contributed by atoms with Crippen LogP contribution in [0.3, 0.4) is 0 Å². The van der Waals surface area contributed by atoms with Gasteiger partial charge in [0, 0.05) is 56.1 Å². The Balaban J connectivity index is 1.98. The maximum Gasteiger partial charge on any atom is 0.215 e. The second kappa shape index (κ2) is 7.11. The Labute approximate surface area is 131 Å². The van der Waals surface area contributed by atoms with Crippen LogP contribution in [0, 0.1) is 0 Å². The van der Waals surface area contributed by atoms with E-state index in [1.807, 2.05) is 12.3 Å². The monoisotopic (exact) mass is 303 g/mol. The van der Waals surface area contributed by atoms with Crippen LogP contribution in [0.25, 0.3) is 10.9 Å². The quantitative estimate of drug-likeness (QED) is 0.833. The van der Waals surface area contributed by atoms with Crippen molar-refractivity contribution in [2.45, 2.75) is 31.7 Å². The average molecular weight is 303 g/mol. The van der Waals surface area contributed by atoms with Gasteiger partial charge in [0.1, 0.15) is 0 Å². The van der Waals surface area contributed by atoms with Crippen LogP contribution in [0.4, 0.5) is 0 Å². The summed E-state index contributed by atoms with van der Waals surface area (Å²) in [6.07, 6.45) is 5.42. The van der Waals surface area contributed by atoms with Crippen LogP contribution in [0.1, 0.15) is 30.9 Å². The first-order valence-corrected chi connectivity index (χ1v) is 8.06. The maximum atomic E-state index is 5.30. The number of nitrogens with zero attached hydrogens (tertiary/aromatic N) is 2. The number of fused-ring (bicyclic) bond motifs is 1. The van der Waals surface area contributed by atoms with Gasteiger partial charge in [-0.15, -0.1) is 0 Å². The third kappa shape index (κ3) is 3.10. The number of hydrogen-bond donors (Lipinski definition) is 1. The second-order valence-electron chi connectivity index (χ2n) is 5.90. The van der Waals surface area contributed by atoms with Gasteiger partial charge in [-0.05, 0) is 31.9 Å². The molecule has 0 bridgehead atoms. The van der Waals surface area contributed by atoms with E-state index in [1.165, 1.54) is 29.4 Å². The number of rotatable bonds is 6. The molecule has 1 aliphatic rings. The Kier molecular flexibility index (Phi) is 4.95. The predicted molar refractivity (Wildman–Crippen MR) is 87.6 cm³/mol. The summed E-state index contributed by atoms with van der Waals surface area (Å²) < 4.78 is 12.9. The molecular formula is C17H25N3O2. The van der Waals surface area contributed by atoms with Gasteiger partial charge in [0.05, 0.1) is 12.6 Å². The third-order valence-corrected chi connectivity index (χ3v) is 4.45. The highest BCUT2D eigenvalue weighted by Crippen LogP contribution is 2.30. The summed E-state index contributed by atoms with van der Waals surface area (Å²) in [5.74, 6) is 1.25. The summed E-state index contributed by atoms with van der Waals surface area (Å²) in [5.41, 5.74) is 2.62. The largest absolute Gasteiger partial charge is 0.481 e. The zero-order chi connectivity index (χ0) is 15.4. The van der Waals surface area contributed by atoms with E-state index in [2.05, 4.69) is 20.9 Å². The molecule has 2 aromatic heterocycles. The number of hydrogen-bond acceptors (Lipinski definition) is 4. The minimum atomic E-state index is 0.578. The molecule has 0 unspecified atom stereocenters. The second-order valence-corrected chi connectivity index (χ2v) is 5.90. The van der Waals surface area contributed by atoms with Crippen molar-refractivity contribution in [2.24, 2.45) is 0 Å². The molecule has 22 heavy (non-hydrogen) atoms. The lowest BCUT2D eigenvalue weighted by Gasteiger charge is -2.24. The maximum absolute atomic E-state index is 5.30. The van der Waals surface area contributed by atoms with Gasteiger partial charge in [-0.25, -0.2) is 4.98 Å². The van der Waals surface area contributed by atoms with Crippen LogP contribution in [0.5, 0.6) is 5.88 Å². The number of methoxy groups -OCH3 is 2. The topological polar surface area (TPSA) is 48.3 Å². The fraction of sp³-hybridized carbons (Fsp3) is 0.588. The van der Waals surface area contributed by atoms with Crippen LogP contribution in [0.15, 0.2) is 18.3 Å². The van der Waals surface area contributed by atoms with Crippen molar-refractivity contribution >= 4 is 10.9 Å². The summed E-state index contributed by atoms with van der Waals surface area (Å²) in [6, 6.07) is 4.34. The first kappa shape index (κ1) is 15.3. The van der Waals surface area contributed by atoms with Gasteiger partial charge in [0.25, 0.3) is 0 Å². The molecule has 5 heteroatoms. The normalized spacial score (nSPS) is 18.7. The number of pyridine rings is 1. The Morgan fingerprint density at radius 2 is 2.27 bits per heavy atom. The lowest BCUT2D eigenvalue weighted by molar-refractivity contribution is 0.190. The van der Waals surface area contributed by atoms with Crippen LogP contribution in [-0.4, -0.2) is 43.5 Å². The highest BCUT2D eigenvalue weighted by atomic mass is 16.5. The van der Waals surface area contributed by atoms with Crippen molar-refractivity contribution in [1.82, 2.24) is 14.9 Å². The minimum Gasteiger partial charge on any atom is -0.481 e. The first-order valence-electron chi connectivity index (χ1n) is 8.06. The molecule has 1 saturated heterocycles. The molecule has 0 spiro atoms. The van der Waals surface area contributed by atoms with E-state index in [9.17, 15) is 0 Å².